The van der Waals surface area contributed by atoms with Crippen LogP contribution in [0.4, 0.5) is 11.4 Å². The minimum atomic E-state index is -1.80. The lowest BCUT2D eigenvalue weighted by molar-refractivity contribution is -0.384. The van der Waals surface area contributed by atoms with Crippen LogP contribution in [0.25, 0.3) is 0 Å². The predicted octanol–water partition coefficient (Wildman–Crippen LogP) is -0.741. The smallest absolute Gasteiger partial charge is 0.305 e. The summed E-state index contributed by atoms with van der Waals surface area (Å²) in [6.07, 6.45) is -3.38. The van der Waals surface area contributed by atoms with Crippen LogP contribution in [0.1, 0.15) is 53.4 Å². The quantitative estimate of drug-likeness (QED) is 0.0729. The number of nitrogens with zero attached hydrogens (tertiary/aromatic N) is 1. The van der Waals surface area contributed by atoms with Crippen LogP contribution in [-0.4, -0.2) is 92.0 Å². The van der Waals surface area contributed by atoms with Gasteiger partial charge in [-0.25, -0.2) is 0 Å². The average molecular weight is 639 g/mol. The summed E-state index contributed by atoms with van der Waals surface area (Å²) in [5.74, 6) is -7.49. The van der Waals surface area contributed by atoms with Crippen molar-refractivity contribution in [1.82, 2.24) is 21.3 Å². The Labute approximate surface area is 257 Å². The van der Waals surface area contributed by atoms with E-state index in [-0.39, 0.29) is 23.7 Å². The fourth-order valence-corrected chi connectivity index (χ4v) is 3.96. The molecule has 1 rings (SSSR count). The van der Waals surface area contributed by atoms with Gasteiger partial charge in [0, 0.05) is 31.2 Å². The van der Waals surface area contributed by atoms with Crippen molar-refractivity contribution in [1.29, 1.82) is 0 Å². The summed E-state index contributed by atoms with van der Waals surface area (Å²) in [6, 6.07) is -1.61. The molecule has 5 amide bonds. The van der Waals surface area contributed by atoms with Crippen molar-refractivity contribution in [2.24, 2.45) is 5.92 Å². The highest BCUT2D eigenvalue weighted by Gasteiger charge is 2.34. The minimum absolute atomic E-state index is 0.0441. The van der Waals surface area contributed by atoms with Crippen LogP contribution in [0.5, 0.6) is 0 Å². The Balaban J connectivity index is 3.15. The number of non-ortho nitro benzene ring substituents is 1. The molecule has 0 aliphatic rings. The van der Waals surface area contributed by atoms with Crippen LogP contribution in [-0.2, 0) is 33.6 Å². The van der Waals surface area contributed by atoms with Crippen molar-refractivity contribution in [2.75, 3.05) is 5.32 Å². The third-order valence-electron chi connectivity index (χ3n) is 6.10. The Morgan fingerprint density at radius 2 is 1.33 bits per heavy atom. The molecule has 0 saturated carbocycles. The first-order chi connectivity index (χ1) is 20.9. The second-order valence-corrected chi connectivity index (χ2v) is 10.6. The summed E-state index contributed by atoms with van der Waals surface area (Å²) in [4.78, 5) is 96.4. The lowest BCUT2D eigenvalue weighted by Crippen LogP contribution is -2.60. The molecule has 0 aromatic heterocycles. The van der Waals surface area contributed by atoms with Gasteiger partial charge in [0.15, 0.2) is 0 Å². The van der Waals surface area contributed by atoms with Gasteiger partial charge >= 0.3 is 11.9 Å². The van der Waals surface area contributed by atoms with E-state index in [1.54, 1.807) is 13.8 Å². The number of anilines is 1. The van der Waals surface area contributed by atoms with Crippen LogP contribution in [0.2, 0.25) is 0 Å². The maximum Gasteiger partial charge on any atom is 0.305 e. The molecule has 248 valence electrons. The number of nitro groups is 1. The van der Waals surface area contributed by atoms with E-state index in [9.17, 15) is 53.9 Å². The van der Waals surface area contributed by atoms with Gasteiger partial charge in [-0.2, -0.15) is 0 Å². The summed E-state index contributed by atoms with van der Waals surface area (Å²) in [6.45, 7) is 5.86. The van der Waals surface area contributed by atoms with Crippen molar-refractivity contribution in [3.63, 3.8) is 0 Å². The molecular formula is C27H38N6O12. The molecule has 18 heteroatoms. The van der Waals surface area contributed by atoms with Gasteiger partial charge in [-0.05, 0) is 37.8 Å². The van der Waals surface area contributed by atoms with E-state index in [1.165, 1.54) is 19.1 Å². The van der Waals surface area contributed by atoms with E-state index in [1.807, 2.05) is 0 Å². The molecule has 1 aromatic rings. The third kappa shape index (κ3) is 13.8. The average Bonchev–Trinajstić information content (AvgIpc) is 2.92. The number of aliphatic hydroxyl groups excluding tert-OH is 1. The number of nitro benzene ring substituents is 1. The molecule has 1 aromatic carbocycles. The largest absolute Gasteiger partial charge is 0.481 e. The number of nitrogens with one attached hydrogen (secondary N) is 5. The second kappa shape index (κ2) is 17.9. The first-order valence-corrected chi connectivity index (χ1v) is 13.8. The number of carboxylic acid groups (broad SMARTS) is 2. The summed E-state index contributed by atoms with van der Waals surface area (Å²) in [5, 5.41) is 51.0. The zero-order valence-electron chi connectivity index (χ0n) is 25.1. The fraction of sp³-hybridized carbons (Fsp3) is 0.519. The van der Waals surface area contributed by atoms with Gasteiger partial charge in [0.05, 0.1) is 17.4 Å². The van der Waals surface area contributed by atoms with Crippen LogP contribution in [0.3, 0.4) is 0 Å². The van der Waals surface area contributed by atoms with E-state index in [4.69, 9.17) is 5.11 Å². The summed E-state index contributed by atoms with van der Waals surface area (Å²) >= 11 is 0. The maximum absolute atomic E-state index is 13.2. The molecule has 5 atom stereocenters. The van der Waals surface area contributed by atoms with Gasteiger partial charge in [0.25, 0.3) is 5.69 Å². The fourth-order valence-electron chi connectivity index (χ4n) is 3.96. The number of hydrogen-bond acceptors (Lipinski definition) is 10. The summed E-state index contributed by atoms with van der Waals surface area (Å²) < 4.78 is 0. The van der Waals surface area contributed by atoms with E-state index in [0.717, 1.165) is 19.1 Å². The number of aliphatic carboxylic acids is 2. The van der Waals surface area contributed by atoms with Gasteiger partial charge in [0.1, 0.15) is 24.2 Å². The monoisotopic (exact) mass is 638 g/mol. The van der Waals surface area contributed by atoms with Gasteiger partial charge in [-0.15, -0.1) is 0 Å². The van der Waals surface area contributed by atoms with E-state index in [0.29, 0.717) is 0 Å². The molecule has 0 fully saturated rings. The summed E-state index contributed by atoms with van der Waals surface area (Å²) in [5.41, 5.74) is -0.232. The van der Waals surface area contributed by atoms with Gasteiger partial charge in [0.2, 0.25) is 29.5 Å². The molecule has 0 aliphatic heterocycles. The second-order valence-electron chi connectivity index (χ2n) is 10.6. The SMILES string of the molecule is CC(=O)N[C@@H](CC(C)C)C(=O)N[C@@H](CCC(=O)O)C(=O)N[C@H](C(=O)N[C@@H](CC(=O)O)C(=O)Nc1ccc([N+](=O)[O-])cc1)[C@@H](C)O. The Hall–Kier alpha value is -5.13. The molecule has 0 radical (unpaired) electrons. The Morgan fingerprint density at radius 3 is 1.80 bits per heavy atom. The first kappa shape index (κ1) is 37.9. The number of benzene rings is 1. The van der Waals surface area contributed by atoms with Crippen LogP contribution < -0.4 is 26.6 Å². The van der Waals surface area contributed by atoms with E-state index < -0.39 is 95.9 Å². The van der Waals surface area contributed by atoms with E-state index >= 15 is 0 Å². The third-order valence-corrected chi connectivity index (χ3v) is 6.10. The Morgan fingerprint density at radius 1 is 0.778 bits per heavy atom. The molecule has 0 spiro atoms. The molecule has 0 unspecified atom stereocenters. The lowest BCUT2D eigenvalue weighted by Gasteiger charge is -2.27. The number of aliphatic hydroxyl groups is 1. The highest BCUT2D eigenvalue weighted by Crippen LogP contribution is 2.16. The number of carbonyl (C=O) groups excluding carboxylic acids is 5. The molecule has 0 bridgehead atoms. The molecule has 0 heterocycles. The van der Waals surface area contributed by atoms with E-state index in [2.05, 4.69) is 26.6 Å². The number of amides is 5. The van der Waals surface area contributed by atoms with Crippen LogP contribution in [0.15, 0.2) is 24.3 Å². The standard InChI is InChI=1S/C27H38N6O12/c1-13(2)11-19(28-15(4)35)26(42)30-18(9-10-21(36)37)24(40)32-23(14(3)34)27(43)31-20(12-22(38)39)25(41)29-16-5-7-17(8-6-16)33(44)45/h5-8,13-14,18-20,23,34H,9-12H2,1-4H3,(H,28,35)(H,29,41)(H,30,42)(H,31,43)(H,32,40)(H,36,37)(H,38,39)/t14-,18+,19+,20+,23+/m1/s1. The minimum Gasteiger partial charge on any atom is -0.481 e. The van der Waals surface area contributed by atoms with Crippen LogP contribution in [0, 0.1) is 16.0 Å². The number of carbonyl (C=O) groups is 7. The van der Waals surface area contributed by atoms with Crippen molar-refractivity contribution < 1.29 is 53.8 Å². The Kier molecular flexibility index (Phi) is 15.0. The molecule has 18 nitrogen and oxygen atoms in total. The normalized spacial score (nSPS) is 14.1. The number of rotatable bonds is 18. The maximum atomic E-state index is 13.2. The first-order valence-electron chi connectivity index (χ1n) is 13.8. The molecule has 0 aliphatic carbocycles. The zero-order chi connectivity index (χ0) is 34.4. The summed E-state index contributed by atoms with van der Waals surface area (Å²) in [7, 11) is 0. The molecule has 45 heavy (non-hydrogen) atoms. The van der Waals surface area contributed by atoms with Crippen molar-refractivity contribution >= 4 is 52.8 Å². The molecular weight excluding hydrogens is 600 g/mol. The van der Waals surface area contributed by atoms with Gasteiger partial charge < -0.3 is 41.9 Å². The highest BCUT2D eigenvalue weighted by atomic mass is 16.6. The van der Waals surface area contributed by atoms with Crippen molar-refractivity contribution in [3.8, 4) is 0 Å². The Bertz CT molecular complexity index is 1270. The predicted molar refractivity (Wildman–Crippen MR) is 155 cm³/mol. The topological polar surface area (TPSA) is 283 Å². The van der Waals surface area contributed by atoms with Gasteiger partial charge in [-0.3, -0.25) is 43.7 Å². The zero-order valence-corrected chi connectivity index (χ0v) is 25.1. The van der Waals surface area contributed by atoms with Gasteiger partial charge in [-0.1, -0.05) is 13.8 Å². The lowest BCUT2D eigenvalue weighted by atomic mass is 10.0. The van der Waals surface area contributed by atoms with Crippen molar-refractivity contribution in [2.45, 2.75) is 83.6 Å². The highest BCUT2D eigenvalue weighted by molar-refractivity contribution is 6.00. The molecule has 0 saturated heterocycles. The van der Waals surface area contributed by atoms with Crippen molar-refractivity contribution in [3.05, 3.63) is 34.4 Å². The van der Waals surface area contributed by atoms with Crippen LogP contribution >= 0.6 is 0 Å². The molecule has 8 N–H and O–H groups in total. The number of hydrogen-bond donors (Lipinski definition) is 8. The number of carboxylic acids is 2.